The van der Waals surface area contributed by atoms with Crippen LogP contribution in [-0.4, -0.2) is 6.54 Å². The summed E-state index contributed by atoms with van der Waals surface area (Å²) in [5.41, 5.74) is 1.07. The van der Waals surface area contributed by atoms with E-state index in [1.54, 1.807) is 0 Å². The predicted octanol–water partition coefficient (Wildman–Crippen LogP) is 4.58. The summed E-state index contributed by atoms with van der Waals surface area (Å²) in [6.45, 7) is 3.42. The van der Waals surface area contributed by atoms with E-state index in [4.69, 9.17) is 11.6 Å². The third-order valence-corrected chi connectivity index (χ3v) is 3.92. The van der Waals surface area contributed by atoms with Gasteiger partial charge in [-0.05, 0) is 36.8 Å². The molecule has 2 rings (SSSR count). The first kappa shape index (κ1) is 11.8. The lowest BCUT2D eigenvalue weighted by atomic mass is 9.83. The van der Waals surface area contributed by atoms with Gasteiger partial charge in [0.2, 0.25) is 0 Å². The molecule has 16 heavy (non-hydrogen) atoms. The third kappa shape index (κ3) is 3.15. The molecule has 0 unspecified atom stereocenters. The van der Waals surface area contributed by atoms with Crippen LogP contribution in [0.1, 0.15) is 32.6 Å². The van der Waals surface area contributed by atoms with Crippen LogP contribution in [0, 0.1) is 11.8 Å². The lowest BCUT2D eigenvalue weighted by Gasteiger charge is -2.26. The maximum atomic E-state index is 6.10. The fourth-order valence-corrected chi connectivity index (χ4v) is 2.59. The van der Waals surface area contributed by atoms with Gasteiger partial charge < -0.3 is 5.32 Å². The highest BCUT2D eigenvalue weighted by molar-refractivity contribution is 6.33. The van der Waals surface area contributed by atoms with Crippen molar-refractivity contribution >= 4 is 17.3 Å². The molecule has 1 aromatic carbocycles. The van der Waals surface area contributed by atoms with Gasteiger partial charge in [0.15, 0.2) is 0 Å². The zero-order chi connectivity index (χ0) is 11.4. The second-order valence-electron chi connectivity index (χ2n) is 4.99. The molecule has 0 atom stereocenters. The first-order valence-corrected chi connectivity index (χ1v) is 6.62. The number of para-hydroxylation sites is 1. The molecule has 1 aliphatic carbocycles. The van der Waals surface area contributed by atoms with Crippen LogP contribution in [0.15, 0.2) is 24.3 Å². The Labute approximate surface area is 103 Å². The molecule has 1 N–H and O–H groups in total. The zero-order valence-corrected chi connectivity index (χ0v) is 10.6. The highest BCUT2D eigenvalue weighted by Crippen LogP contribution is 2.29. The Balaban J connectivity index is 1.81. The smallest absolute Gasteiger partial charge is 0.0637 e. The molecule has 0 radical (unpaired) electrons. The van der Waals surface area contributed by atoms with Gasteiger partial charge in [-0.3, -0.25) is 0 Å². The molecule has 88 valence electrons. The number of benzene rings is 1. The minimum atomic E-state index is 0.826. The van der Waals surface area contributed by atoms with Crippen molar-refractivity contribution in [2.45, 2.75) is 32.6 Å². The van der Waals surface area contributed by atoms with E-state index in [9.17, 15) is 0 Å². The summed E-state index contributed by atoms with van der Waals surface area (Å²) in [5, 5.41) is 4.29. The van der Waals surface area contributed by atoms with Gasteiger partial charge in [-0.2, -0.15) is 0 Å². The molecule has 1 aliphatic rings. The van der Waals surface area contributed by atoms with Crippen molar-refractivity contribution < 1.29 is 0 Å². The summed E-state index contributed by atoms with van der Waals surface area (Å²) >= 11 is 6.10. The van der Waals surface area contributed by atoms with Gasteiger partial charge in [-0.25, -0.2) is 0 Å². The van der Waals surface area contributed by atoms with E-state index >= 15 is 0 Å². The molecule has 0 spiro atoms. The van der Waals surface area contributed by atoms with E-state index in [2.05, 4.69) is 12.2 Å². The van der Waals surface area contributed by atoms with Crippen LogP contribution in [0.25, 0.3) is 0 Å². The van der Waals surface area contributed by atoms with E-state index in [1.165, 1.54) is 25.7 Å². The molecule has 1 fully saturated rings. The first-order valence-electron chi connectivity index (χ1n) is 6.24. The van der Waals surface area contributed by atoms with Crippen LogP contribution in [0.3, 0.4) is 0 Å². The average molecular weight is 238 g/mol. The molecule has 1 saturated carbocycles. The number of halogens is 1. The Bertz CT molecular complexity index is 329. The zero-order valence-electron chi connectivity index (χ0n) is 9.88. The van der Waals surface area contributed by atoms with Gasteiger partial charge in [-0.1, -0.05) is 43.5 Å². The van der Waals surface area contributed by atoms with Gasteiger partial charge in [0.1, 0.15) is 0 Å². The maximum absolute atomic E-state index is 6.10. The molecule has 0 amide bonds. The quantitative estimate of drug-likeness (QED) is 0.812. The number of hydrogen-bond donors (Lipinski definition) is 1. The summed E-state index contributed by atoms with van der Waals surface area (Å²) in [7, 11) is 0. The van der Waals surface area contributed by atoms with Crippen LogP contribution >= 0.6 is 11.6 Å². The van der Waals surface area contributed by atoms with Crippen molar-refractivity contribution in [2.75, 3.05) is 11.9 Å². The van der Waals surface area contributed by atoms with E-state index in [0.717, 1.165) is 29.1 Å². The van der Waals surface area contributed by atoms with Crippen LogP contribution in [0.5, 0.6) is 0 Å². The number of rotatable bonds is 3. The Morgan fingerprint density at radius 3 is 2.56 bits per heavy atom. The summed E-state index contributed by atoms with van der Waals surface area (Å²) in [6, 6.07) is 7.98. The van der Waals surface area contributed by atoms with Crippen LogP contribution < -0.4 is 5.32 Å². The topological polar surface area (TPSA) is 12.0 Å². The third-order valence-electron chi connectivity index (χ3n) is 3.59. The van der Waals surface area contributed by atoms with Crippen molar-refractivity contribution in [3.05, 3.63) is 29.3 Å². The van der Waals surface area contributed by atoms with Gasteiger partial charge in [0, 0.05) is 6.54 Å². The standard InChI is InChI=1S/C14H20ClN/c1-11-6-8-12(9-7-11)10-16-14-5-3-2-4-13(14)15/h2-5,11-12,16H,6-10H2,1H3. The molecule has 0 bridgehead atoms. The fraction of sp³-hybridized carbons (Fsp3) is 0.571. The summed E-state index contributed by atoms with van der Waals surface area (Å²) in [5.74, 6) is 1.75. The monoisotopic (exact) mass is 237 g/mol. The molecular weight excluding hydrogens is 218 g/mol. The van der Waals surface area contributed by atoms with Gasteiger partial charge in [-0.15, -0.1) is 0 Å². The minimum absolute atomic E-state index is 0.826. The molecule has 1 nitrogen and oxygen atoms in total. The van der Waals surface area contributed by atoms with Crippen molar-refractivity contribution in [3.63, 3.8) is 0 Å². The largest absolute Gasteiger partial charge is 0.384 e. The second-order valence-corrected chi connectivity index (χ2v) is 5.39. The predicted molar refractivity (Wildman–Crippen MR) is 71.1 cm³/mol. The Kier molecular flexibility index (Phi) is 4.11. The Hall–Kier alpha value is -0.690. The molecule has 0 aliphatic heterocycles. The van der Waals surface area contributed by atoms with E-state index in [0.29, 0.717) is 0 Å². The van der Waals surface area contributed by atoms with Crippen molar-refractivity contribution in [3.8, 4) is 0 Å². The van der Waals surface area contributed by atoms with Crippen molar-refractivity contribution in [2.24, 2.45) is 11.8 Å². The summed E-state index contributed by atoms with van der Waals surface area (Å²) in [6.07, 6.45) is 5.49. The molecule has 2 heteroatoms. The van der Waals surface area contributed by atoms with E-state index < -0.39 is 0 Å². The normalized spacial score (nSPS) is 25.4. The lowest BCUT2D eigenvalue weighted by Crippen LogP contribution is -2.20. The van der Waals surface area contributed by atoms with Crippen molar-refractivity contribution in [1.29, 1.82) is 0 Å². The van der Waals surface area contributed by atoms with E-state index in [-0.39, 0.29) is 0 Å². The molecule has 1 aromatic rings. The number of anilines is 1. The average Bonchev–Trinajstić information content (AvgIpc) is 2.30. The number of nitrogens with one attached hydrogen (secondary N) is 1. The Morgan fingerprint density at radius 2 is 1.88 bits per heavy atom. The number of hydrogen-bond acceptors (Lipinski definition) is 1. The van der Waals surface area contributed by atoms with E-state index in [1.807, 2.05) is 24.3 Å². The van der Waals surface area contributed by atoms with Crippen molar-refractivity contribution in [1.82, 2.24) is 0 Å². The van der Waals surface area contributed by atoms with Gasteiger partial charge in [0.05, 0.1) is 10.7 Å². The Morgan fingerprint density at radius 1 is 1.19 bits per heavy atom. The highest BCUT2D eigenvalue weighted by atomic mass is 35.5. The van der Waals surface area contributed by atoms with Crippen LogP contribution in [-0.2, 0) is 0 Å². The van der Waals surface area contributed by atoms with Crippen LogP contribution in [0.4, 0.5) is 5.69 Å². The molecule has 0 aromatic heterocycles. The van der Waals surface area contributed by atoms with Crippen LogP contribution in [0.2, 0.25) is 5.02 Å². The highest BCUT2D eigenvalue weighted by Gasteiger charge is 2.17. The molecule has 0 saturated heterocycles. The van der Waals surface area contributed by atoms with Gasteiger partial charge in [0.25, 0.3) is 0 Å². The SMILES string of the molecule is CC1CCC(CNc2ccccc2Cl)CC1. The first-order chi connectivity index (χ1) is 7.75. The molecule has 0 heterocycles. The maximum Gasteiger partial charge on any atom is 0.0637 e. The second kappa shape index (κ2) is 5.58. The minimum Gasteiger partial charge on any atom is -0.384 e. The fourth-order valence-electron chi connectivity index (χ4n) is 2.39. The van der Waals surface area contributed by atoms with Gasteiger partial charge >= 0.3 is 0 Å². The summed E-state index contributed by atoms with van der Waals surface area (Å²) < 4.78 is 0. The summed E-state index contributed by atoms with van der Waals surface area (Å²) in [4.78, 5) is 0. The lowest BCUT2D eigenvalue weighted by molar-refractivity contribution is 0.300. The molecular formula is C14H20ClN.